The summed E-state index contributed by atoms with van der Waals surface area (Å²) in [6.07, 6.45) is 0. The molecular weight excluding hydrogens is 319 g/mol. The average molecular weight is 330 g/mol. The van der Waals surface area contributed by atoms with E-state index in [1.807, 2.05) is 0 Å². The first-order chi connectivity index (χ1) is 9.56. The molecule has 1 amide bonds. The number of halogens is 3. The number of anilines is 2. The largest absolute Gasteiger partial charge is 0.375 e. The number of hydrogen-bond donors (Lipinski definition) is 2. The predicted molar refractivity (Wildman–Crippen MR) is 85.0 cm³/mol. The minimum absolute atomic E-state index is 0.0860. The van der Waals surface area contributed by atoms with E-state index >= 15 is 0 Å². The summed E-state index contributed by atoms with van der Waals surface area (Å²) in [5, 5.41) is 7.12. The lowest BCUT2D eigenvalue weighted by Crippen LogP contribution is -2.21. The highest BCUT2D eigenvalue weighted by Crippen LogP contribution is 2.29. The van der Waals surface area contributed by atoms with Gasteiger partial charge in [0.15, 0.2) is 0 Å². The normalized spacial score (nSPS) is 10.2. The molecule has 0 fully saturated rings. The maximum atomic E-state index is 11.8. The van der Waals surface area contributed by atoms with Crippen molar-refractivity contribution < 1.29 is 4.79 Å². The highest BCUT2D eigenvalue weighted by molar-refractivity contribution is 6.43. The minimum Gasteiger partial charge on any atom is -0.375 e. The first kappa shape index (κ1) is 15.0. The molecule has 0 aromatic heterocycles. The Kier molecular flexibility index (Phi) is 5.12. The fraction of sp³-hybridized carbons (Fsp3) is 0.0714. The lowest BCUT2D eigenvalue weighted by molar-refractivity contribution is -0.114. The molecule has 104 valence electrons. The van der Waals surface area contributed by atoms with Gasteiger partial charge in [-0.2, -0.15) is 0 Å². The van der Waals surface area contributed by atoms with E-state index < -0.39 is 0 Å². The second-order valence-corrected chi connectivity index (χ2v) is 5.23. The maximum absolute atomic E-state index is 11.8. The summed E-state index contributed by atoms with van der Waals surface area (Å²) in [6, 6.07) is 12.1. The van der Waals surface area contributed by atoms with Crippen LogP contribution in [0.15, 0.2) is 42.5 Å². The van der Waals surface area contributed by atoms with E-state index in [2.05, 4.69) is 10.6 Å². The molecule has 0 saturated carbocycles. The zero-order valence-electron chi connectivity index (χ0n) is 10.3. The summed E-state index contributed by atoms with van der Waals surface area (Å²) in [5.41, 5.74) is 1.30. The van der Waals surface area contributed by atoms with Crippen LogP contribution in [0.4, 0.5) is 11.4 Å². The molecule has 2 N–H and O–H groups in total. The van der Waals surface area contributed by atoms with Crippen molar-refractivity contribution in [2.45, 2.75) is 0 Å². The Morgan fingerprint density at radius 2 is 1.70 bits per heavy atom. The summed E-state index contributed by atoms with van der Waals surface area (Å²) < 4.78 is 0. The molecule has 0 unspecified atom stereocenters. The number of nitrogens with one attached hydrogen (secondary N) is 2. The lowest BCUT2D eigenvalue weighted by Gasteiger charge is -2.10. The van der Waals surface area contributed by atoms with Crippen molar-refractivity contribution in [2.75, 3.05) is 17.2 Å². The Labute approximate surface area is 131 Å². The van der Waals surface area contributed by atoms with Crippen molar-refractivity contribution in [1.29, 1.82) is 0 Å². The maximum Gasteiger partial charge on any atom is 0.243 e. The Morgan fingerprint density at radius 1 is 1.00 bits per heavy atom. The molecule has 6 heteroatoms. The molecule has 2 aromatic rings. The molecule has 20 heavy (non-hydrogen) atoms. The van der Waals surface area contributed by atoms with Crippen LogP contribution in [0.3, 0.4) is 0 Å². The first-order valence-corrected chi connectivity index (χ1v) is 6.93. The SMILES string of the molecule is O=C(CNc1cccc(Cl)c1Cl)Nc1ccc(Cl)cc1. The van der Waals surface area contributed by atoms with Crippen LogP contribution < -0.4 is 10.6 Å². The quantitative estimate of drug-likeness (QED) is 0.854. The van der Waals surface area contributed by atoms with Crippen LogP contribution in [0.1, 0.15) is 0 Å². The molecule has 0 radical (unpaired) electrons. The molecule has 0 atom stereocenters. The molecule has 0 saturated heterocycles. The standard InChI is InChI=1S/C14H11Cl3N2O/c15-9-4-6-10(7-5-9)19-13(20)8-18-12-3-1-2-11(16)14(12)17/h1-7,18H,8H2,(H,19,20). The monoisotopic (exact) mass is 328 g/mol. The van der Waals surface area contributed by atoms with E-state index in [-0.39, 0.29) is 12.5 Å². The Hall–Kier alpha value is -1.42. The van der Waals surface area contributed by atoms with Crippen LogP contribution in [-0.2, 0) is 4.79 Å². The fourth-order valence-corrected chi connectivity index (χ4v) is 2.05. The van der Waals surface area contributed by atoms with Crippen LogP contribution in [0.25, 0.3) is 0 Å². The van der Waals surface area contributed by atoms with Gasteiger partial charge >= 0.3 is 0 Å². The van der Waals surface area contributed by atoms with Crippen LogP contribution >= 0.6 is 34.8 Å². The second kappa shape index (κ2) is 6.84. The number of benzene rings is 2. The zero-order chi connectivity index (χ0) is 14.5. The third-order valence-corrected chi connectivity index (χ3v) is 3.59. The fourth-order valence-electron chi connectivity index (χ4n) is 1.55. The van der Waals surface area contributed by atoms with Crippen LogP contribution in [0, 0.1) is 0 Å². The third-order valence-electron chi connectivity index (χ3n) is 2.52. The number of carbonyl (C=O) groups excluding carboxylic acids is 1. The summed E-state index contributed by atoms with van der Waals surface area (Å²) in [6.45, 7) is 0.0860. The van der Waals surface area contributed by atoms with Gasteiger partial charge in [0.25, 0.3) is 0 Å². The van der Waals surface area contributed by atoms with Crippen molar-refractivity contribution in [1.82, 2.24) is 0 Å². The van der Waals surface area contributed by atoms with Crippen molar-refractivity contribution in [2.24, 2.45) is 0 Å². The topological polar surface area (TPSA) is 41.1 Å². The van der Waals surface area contributed by atoms with Gasteiger partial charge < -0.3 is 10.6 Å². The van der Waals surface area contributed by atoms with Crippen LogP contribution in [-0.4, -0.2) is 12.5 Å². The van der Waals surface area contributed by atoms with E-state index in [4.69, 9.17) is 34.8 Å². The molecule has 0 bridgehead atoms. The second-order valence-electron chi connectivity index (χ2n) is 4.01. The predicted octanol–water partition coefficient (Wildman–Crippen LogP) is 4.70. The molecule has 3 nitrogen and oxygen atoms in total. The Balaban J connectivity index is 1.92. The summed E-state index contributed by atoms with van der Waals surface area (Å²) in [7, 11) is 0. The smallest absolute Gasteiger partial charge is 0.243 e. The summed E-state index contributed by atoms with van der Waals surface area (Å²) in [4.78, 5) is 11.8. The van der Waals surface area contributed by atoms with Crippen molar-refractivity contribution in [3.8, 4) is 0 Å². The van der Waals surface area contributed by atoms with Gasteiger partial charge in [-0.05, 0) is 36.4 Å². The summed E-state index contributed by atoms with van der Waals surface area (Å²) >= 11 is 17.7. The van der Waals surface area contributed by atoms with Gasteiger partial charge in [-0.15, -0.1) is 0 Å². The lowest BCUT2D eigenvalue weighted by atomic mass is 10.3. The van der Waals surface area contributed by atoms with E-state index in [0.29, 0.717) is 26.4 Å². The number of rotatable bonds is 4. The number of amides is 1. The molecule has 0 heterocycles. The molecular formula is C14H11Cl3N2O. The van der Waals surface area contributed by atoms with Gasteiger partial charge in [0.05, 0.1) is 22.3 Å². The number of carbonyl (C=O) groups is 1. The van der Waals surface area contributed by atoms with Crippen molar-refractivity contribution in [3.05, 3.63) is 57.5 Å². The molecule has 0 aliphatic heterocycles. The average Bonchev–Trinajstić information content (AvgIpc) is 2.43. The van der Waals surface area contributed by atoms with Crippen molar-refractivity contribution >= 4 is 52.1 Å². The van der Waals surface area contributed by atoms with Gasteiger partial charge in [-0.3, -0.25) is 4.79 Å². The van der Waals surface area contributed by atoms with Gasteiger partial charge in [-0.25, -0.2) is 0 Å². The third kappa shape index (κ3) is 4.04. The number of hydrogen-bond acceptors (Lipinski definition) is 2. The van der Waals surface area contributed by atoms with Crippen LogP contribution in [0.2, 0.25) is 15.1 Å². The van der Waals surface area contributed by atoms with Gasteiger partial charge in [-0.1, -0.05) is 40.9 Å². The van der Waals surface area contributed by atoms with Gasteiger partial charge in [0, 0.05) is 10.7 Å². The highest BCUT2D eigenvalue weighted by Gasteiger charge is 2.06. The van der Waals surface area contributed by atoms with E-state index in [0.717, 1.165) is 0 Å². The highest BCUT2D eigenvalue weighted by atomic mass is 35.5. The molecule has 0 aliphatic carbocycles. The van der Waals surface area contributed by atoms with E-state index in [9.17, 15) is 4.79 Å². The van der Waals surface area contributed by atoms with Crippen molar-refractivity contribution in [3.63, 3.8) is 0 Å². The molecule has 2 aromatic carbocycles. The summed E-state index contributed by atoms with van der Waals surface area (Å²) in [5.74, 6) is -0.191. The van der Waals surface area contributed by atoms with Crippen LogP contribution in [0.5, 0.6) is 0 Å². The van der Waals surface area contributed by atoms with Gasteiger partial charge in [0.1, 0.15) is 0 Å². The van der Waals surface area contributed by atoms with E-state index in [1.54, 1.807) is 42.5 Å². The zero-order valence-corrected chi connectivity index (χ0v) is 12.6. The minimum atomic E-state index is -0.191. The first-order valence-electron chi connectivity index (χ1n) is 5.79. The molecule has 2 rings (SSSR count). The Morgan fingerprint density at radius 3 is 2.40 bits per heavy atom. The molecule has 0 spiro atoms. The van der Waals surface area contributed by atoms with Gasteiger partial charge in [0.2, 0.25) is 5.91 Å². The Bertz CT molecular complexity index is 614. The van der Waals surface area contributed by atoms with E-state index in [1.165, 1.54) is 0 Å². The molecule has 0 aliphatic rings.